The molecule has 4 aromatic carbocycles. The number of aliphatic imine (C=N–C) groups is 1. The van der Waals surface area contributed by atoms with E-state index in [1.54, 1.807) is 24.7 Å². The van der Waals surface area contributed by atoms with Crippen LogP contribution < -0.4 is 10.2 Å². The van der Waals surface area contributed by atoms with E-state index in [4.69, 9.17) is 4.99 Å². The molecule has 1 N–H and O–H groups in total. The van der Waals surface area contributed by atoms with E-state index in [1.807, 2.05) is 59.4 Å². The third kappa shape index (κ3) is 6.12. The number of nitrogens with one attached hydrogen (secondary N) is 1. The van der Waals surface area contributed by atoms with Crippen LogP contribution in [0.3, 0.4) is 0 Å². The summed E-state index contributed by atoms with van der Waals surface area (Å²) in [5.41, 5.74) is 8.34. The zero-order chi connectivity index (χ0) is 28.3. The molecule has 0 fully saturated rings. The van der Waals surface area contributed by atoms with Crippen molar-refractivity contribution in [1.82, 2.24) is 15.0 Å². The molecule has 0 bridgehead atoms. The number of halogens is 3. The molecule has 1 aromatic heterocycles. The predicted molar refractivity (Wildman–Crippen MR) is 157 cm³/mol. The summed E-state index contributed by atoms with van der Waals surface area (Å²) in [7, 11) is 0. The Morgan fingerprint density at radius 3 is 2.52 bits per heavy atom. The molecule has 0 spiro atoms. The molecule has 0 atom stereocenters. The number of ether oxygens (including phenoxy) is 1. The highest BCUT2D eigenvalue weighted by molar-refractivity contribution is 8.13. The maximum Gasteiger partial charge on any atom is 0.573 e. The van der Waals surface area contributed by atoms with Gasteiger partial charge in [0, 0.05) is 11.1 Å². The van der Waals surface area contributed by atoms with Crippen LogP contribution in [0.4, 0.5) is 18.9 Å². The van der Waals surface area contributed by atoms with Crippen molar-refractivity contribution >= 4 is 50.6 Å². The molecule has 10 heteroatoms. The quantitative estimate of drug-likeness (QED) is 0.129. The van der Waals surface area contributed by atoms with Crippen molar-refractivity contribution < 1.29 is 17.9 Å². The predicted octanol–water partition coefficient (Wildman–Crippen LogP) is 8.17. The number of thioether (sulfide) groups is 1. The Morgan fingerprint density at radius 2 is 1.80 bits per heavy atom. The maximum atomic E-state index is 12.5. The normalized spacial score (nSPS) is 12.6. The lowest BCUT2D eigenvalue weighted by molar-refractivity contribution is -0.274. The first-order valence-corrected chi connectivity index (χ1v) is 13.7. The molecular formula is C30H26F3N5OS. The molecule has 6 nitrogen and oxygen atoms in total. The van der Waals surface area contributed by atoms with Gasteiger partial charge in [-0.25, -0.2) is 9.98 Å². The molecule has 5 aromatic rings. The molecule has 0 aliphatic heterocycles. The van der Waals surface area contributed by atoms with Gasteiger partial charge < -0.3 is 4.74 Å². The van der Waals surface area contributed by atoms with Gasteiger partial charge in [-0.3, -0.25) is 9.99 Å². The Kier molecular flexibility index (Phi) is 7.79. The molecule has 0 aliphatic carbocycles. The van der Waals surface area contributed by atoms with E-state index >= 15 is 0 Å². The van der Waals surface area contributed by atoms with E-state index < -0.39 is 6.36 Å². The van der Waals surface area contributed by atoms with Crippen molar-refractivity contribution in [3.63, 3.8) is 0 Å². The van der Waals surface area contributed by atoms with Crippen LogP contribution in [0, 0.1) is 0 Å². The highest BCUT2D eigenvalue weighted by Crippen LogP contribution is 2.29. The molecule has 0 amide bonds. The minimum atomic E-state index is -4.73. The summed E-state index contributed by atoms with van der Waals surface area (Å²) in [5.74, 6) is 0.0894. The molecule has 204 valence electrons. The lowest BCUT2D eigenvalue weighted by Crippen LogP contribution is -2.17. The number of fused-ring (bicyclic) bond motifs is 3. The van der Waals surface area contributed by atoms with Gasteiger partial charge in [0.15, 0.2) is 5.17 Å². The monoisotopic (exact) mass is 561 g/mol. The third-order valence-corrected chi connectivity index (χ3v) is 6.82. The number of imidazole rings is 1. The largest absolute Gasteiger partial charge is 0.573 e. The van der Waals surface area contributed by atoms with Crippen molar-refractivity contribution in [1.29, 1.82) is 0 Å². The summed E-state index contributed by atoms with van der Waals surface area (Å²) in [5, 5.41) is 7.03. The summed E-state index contributed by atoms with van der Waals surface area (Å²) >= 11 is 1.49. The van der Waals surface area contributed by atoms with Crippen molar-refractivity contribution in [2.45, 2.75) is 26.1 Å². The Balaban J connectivity index is 1.35. The molecule has 5 rings (SSSR count). The fourth-order valence-corrected chi connectivity index (χ4v) is 4.72. The molecule has 0 saturated heterocycles. The van der Waals surface area contributed by atoms with Gasteiger partial charge in [-0.1, -0.05) is 62.0 Å². The van der Waals surface area contributed by atoms with Crippen molar-refractivity contribution in [2.24, 2.45) is 10.1 Å². The number of amidine groups is 1. The molecular weight excluding hydrogens is 535 g/mol. The van der Waals surface area contributed by atoms with Gasteiger partial charge in [0.1, 0.15) is 12.1 Å². The molecule has 0 radical (unpaired) electrons. The molecule has 0 unspecified atom stereocenters. The Hall–Kier alpha value is -4.31. The number of hydrogen-bond donors (Lipinski definition) is 1. The van der Waals surface area contributed by atoms with Crippen LogP contribution >= 0.6 is 11.8 Å². The maximum absolute atomic E-state index is 12.5. The Bertz CT molecular complexity index is 1710. The first-order chi connectivity index (χ1) is 19.2. The standard InChI is InChI=1S/C30H26F3N5OS/c1-19(2)24-6-4-5-7-26(24)36-29(40-3)37-35-17-20-8-14-25-21(16-20)9-15-27-28(25)34-18-38(27)22-10-12-23(13-11-22)39-30(31,32)33/h4-19H,1-3H3,(H,36,37). The summed E-state index contributed by atoms with van der Waals surface area (Å²) in [6, 6.07) is 23.7. The Labute approximate surface area is 233 Å². The lowest BCUT2D eigenvalue weighted by atomic mass is 10.0. The smallest absolute Gasteiger partial charge is 0.406 e. The highest BCUT2D eigenvalue weighted by atomic mass is 32.2. The van der Waals surface area contributed by atoms with Crippen molar-refractivity contribution in [2.75, 3.05) is 6.26 Å². The number of hydrazone groups is 1. The number of hydrogen-bond acceptors (Lipinski definition) is 5. The van der Waals surface area contributed by atoms with Crippen LogP contribution in [-0.4, -0.2) is 33.6 Å². The van der Waals surface area contributed by atoms with Crippen LogP contribution in [-0.2, 0) is 0 Å². The van der Waals surface area contributed by atoms with Gasteiger partial charge >= 0.3 is 6.36 Å². The second-order valence-electron chi connectivity index (χ2n) is 9.27. The zero-order valence-corrected chi connectivity index (χ0v) is 22.8. The van der Waals surface area contributed by atoms with Crippen molar-refractivity contribution in [3.8, 4) is 11.4 Å². The Morgan fingerprint density at radius 1 is 1.02 bits per heavy atom. The van der Waals surface area contributed by atoms with Gasteiger partial charge in [0.25, 0.3) is 0 Å². The van der Waals surface area contributed by atoms with Crippen LogP contribution in [0.15, 0.2) is 95.3 Å². The van der Waals surface area contributed by atoms with Gasteiger partial charge in [0.2, 0.25) is 0 Å². The lowest BCUT2D eigenvalue weighted by Gasteiger charge is -2.10. The van der Waals surface area contributed by atoms with Crippen molar-refractivity contribution in [3.05, 3.63) is 96.3 Å². The van der Waals surface area contributed by atoms with Gasteiger partial charge in [-0.15, -0.1) is 13.2 Å². The SMILES string of the molecule is CSC(=Nc1ccccc1C(C)C)NN=Cc1ccc2c(ccc3c2ncn3-c2ccc(OC(F)(F)F)cc2)c1. The number of alkyl halides is 3. The van der Waals surface area contributed by atoms with E-state index in [0.29, 0.717) is 16.8 Å². The molecule has 1 heterocycles. The molecule has 0 saturated carbocycles. The first-order valence-electron chi connectivity index (χ1n) is 12.5. The van der Waals surface area contributed by atoms with Crippen LogP contribution in [0.25, 0.3) is 27.5 Å². The van der Waals surface area contributed by atoms with Crippen LogP contribution in [0.1, 0.15) is 30.9 Å². The fourth-order valence-electron chi connectivity index (χ4n) is 4.39. The number of para-hydroxylation sites is 1. The number of benzene rings is 4. The summed E-state index contributed by atoms with van der Waals surface area (Å²) in [4.78, 5) is 9.33. The van der Waals surface area contributed by atoms with Crippen LogP contribution in [0.2, 0.25) is 0 Å². The van der Waals surface area contributed by atoms with Crippen LogP contribution in [0.5, 0.6) is 5.75 Å². The zero-order valence-electron chi connectivity index (χ0n) is 22.0. The highest BCUT2D eigenvalue weighted by Gasteiger charge is 2.31. The van der Waals surface area contributed by atoms with E-state index in [1.165, 1.54) is 29.5 Å². The summed E-state index contributed by atoms with van der Waals surface area (Å²) in [6.45, 7) is 4.29. The average molecular weight is 562 g/mol. The average Bonchev–Trinajstić information content (AvgIpc) is 3.36. The third-order valence-electron chi connectivity index (χ3n) is 6.25. The van der Waals surface area contributed by atoms with Gasteiger partial charge in [-0.05, 0) is 71.2 Å². The number of rotatable bonds is 6. The van der Waals surface area contributed by atoms with E-state index in [0.717, 1.165) is 33.1 Å². The number of aromatic nitrogens is 2. The van der Waals surface area contributed by atoms with E-state index in [-0.39, 0.29) is 5.75 Å². The summed E-state index contributed by atoms with van der Waals surface area (Å²) in [6.07, 6.45) is 0.618. The van der Waals surface area contributed by atoms with E-state index in [2.05, 4.69) is 40.2 Å². The van der Waals surface area contributed by atoms with Gasteiger partial charge in [-0.2, -0.15) is 5.10 Å². The molecule has 40 heavy (non-hydrogen) atoms. The summed E-state index contributed by atoms with van der Waals surface area (Å²) < 4.78 is 43.2. The van der Waals surface area contributed by atoms with Gasteiger partial charge in [0.05, 0.1) is 22.9 Å². The van der Waals surface area contributed by atoms with E-state index in [9.17, 15) is 13.2 Å². The molecule has 0 aliphatic rings. The minimum Gasteiger partial charge on any atom is -0.406 e. The minimum absolute atomic E-state index is 0.272. The first kappa shape index (κ1) is 27.3. The number of nitrogens with zero attached hydrogens (tertiary/aromatic N) is 4. The second-order valence-corrected chi connectivity index (χ2v) is 10.1. The fraction of sp³-hybridized carbons (Fsp3) is 0.167. The second kappa shape index (κ2) is 11.4. The topological polar surface area (TPSA) is 63.8 Å².